The van der Waals surface area contributed by atoms with Crippen LogP contribution < -0.4 is 14.2 Å². The zero-order valence-corrected chi connectivity index (χ0v) is 25.2. The van der Waals surface area contributed by atoms with Crippen molar-refractivity contribution >= 4 is 15.8 Å². The first-order valence-corrected chi connectivity index (χ1v) is 16.6. The molecule has 224 valence electrons. The van der Waals surface area contributed by atoms with Gasteiger partial charge in [0.1, 0.15) is 33.2 Å². The number of aryl methyl sites for hydroxylation is 2. The van der Waals surface area contributed by atoms with Crippen LogP contribution in [0.25, 0.3) is 11.1 Å². The van der Waals surface area contributed by atoms with Crippen LogP contribution in [0.5, 0.6) is 17.2 Å². The van der Waals surface area contributed by atoms with Crippen LogP contribution in [-0.4, -0.2) is 44.2 Å². The lowest BCUT2D eigenvalue weighted by atomic mass is 9.87. The lowest BCUT2D eigenvalue weighted by Crippen LogP contribution is -2.26. The Hall–Kier alpha value is -4.03. The van der Waals surface area contributed by atoms with Crippen LogP contribution in [0.4, 0.5) is 0 Å². The van der Waals surface area contributed by atoms with Crippen molar-refractivity contribution in [1.82, 2.24) is 0 Å². The van der Waals surface area contributed by atoms with Gasteiger partial charge in [-0.25, -0.2) is 8.42 Å². The molecule has 1 N–H and O–H groups in total. The Bertz CT molecular complexity index is 1700. The number of aliphatic carboxylic acids is 1. The second-order valence-corrected chi connectivity index (χ2v) is 14.3. The van der Waals surface area contributed by atoms with Gasteiger partial charge in [-0.05, 0) is 97.5 Å². The molecule has 43 heavy (non-hydrogen) atoms. The second kappa shape index (κ2) is 11.6. The molecule has 1 saturated heterocycles. The summed E-state index contributed by atoms with van der Waals surface area (Å²) in [6.45, 7) is 4.91. The van der Waals surface area contributed by atoms with Gasteiger partial charge in [-0.2, -0.15) is 5.26 Å². The quantitative estimate of drug-likeness (QED) is 0.330. The van der Waals surface area contributed by atoms with Crippen molar-refractivity contribution in [2.45, 2.75) is 58.0 Å². The van der Waals surface area contributed by atoms with Gasteiger partial charge in [0, 0.05) is 23.1 Å². The Labute approximate surface area is 252 Å². The van der Waals surface area contributed by atoms with Crippen molar-refractivity contribution in [3.63, 3.8) is 0 Å². The molecule has 2 heterocycles. The van der Waals surface area contributed by atoms with Crippen LogP contribution >= 0.6 is 0 Å². The highest BCUT2D eigenvalue weighted by Crippen LogP contribution is 2.45. The number of nitrogens with zero attached hydrogens (tertiary/aromatic N) is 1. The molecule has 3 aliphatic rings. The van der Waals surface area contributed by atoms with Crippen molar-refractivity contribution < 1.29 is 32.5 Å². The Morgan fingerprint density at radius 1 is 1.00 bits per heavy atom. The fourth-order valence-electron chi connectivity index (χ4n) is 6.76. The van der Waals surface area contributed by atoms with Crippen molar-refractivity contribution in [2.75, 3.05) is 24.7 Å². The molecule has 0 bridgehead atoms. The number of nitriles is 1. The van der Waals surface area contributed by atoms with E-state index >= 15 is 0 Å². The number of hydrogen-bond acceptors (Lipinski definition) is 7. The van der Waals surface area contributed by atoms with E-state index in [1.165, 1.54) is 0 Å². The molecule has 0 unspecified atom stereocenters. The summed E-state index contributed by atoms with van der Waals surface area (Å²) in [6, 6.07) is 15.9. The van der Waals surface area contributed by atoms with Crippen molar-refractivity contribution in [3.8, 4) is 34.4 Å². The molecule has 3 aromatic rings. The molecule has 2 aliphatic heterocycles. The average molecular weight is 602 g/mol. The van der Waals surface area contributed by atoms with Gasteiger partial charge < -0.3 is 19.3 Å². The van der Waals surface area contributed by atoms with Gasteiger partial charge in [-0.15, -0.1) is 0 Å². The minimum atomic E-state index is -2.90. The van der Waals surface area contributed by atoms with E-state index < -0.39 is 15.8 Å². The summed E-state index contributed by atoms with van der Waals surface area (Å²) in [4.78, 5) is 11.2. The number of hydrogen-bond donors (Lipinski definition) is 1. The summed E-state index contributed by atoms with van der Waals surface area (Å²) in [5.41, 5.74) is 7.70. The molecule has 9 heteroatoms. The summed E-state index contributed by atoms with van der Waals surface area (Å²) in [7, 11) is -2.90. The Morgan fingerprint density at radius 2 is 1.72 bits per heavy atom. The minimum Gasteiger partial charge on any atom is -0.493 e. The lowest BCUT2D eigenvalue weighted by Gasteiger charge is -2.23. The summed E-state index contributed by atoms with van der Waals surface area (Å²) >= 11 is 0. The average Bonchev–Trinajstić information content (AvgIpc) is 3.55. The van der Waals surface area contributed by atoms with Crippen molar-refractivity contribution in [1.29, 1.82) is 5.26 Å². The van der Waals surface area contributed by atoms with Gasteiger partial charge in [0.25, 0.3) is 0 Å². The summed E-state index contributed by atoms with van der Waals surface area (Å²) < 4.78 is 41.9. The molecule has 0 radical (unpaired) electrons. The van der Waals surface area contributed by atoms with Crippen LogP contribution in [0, 0.1) is 31.1 Å². The Kier molecular flexibility index (Phi) is 7.82. The highest BCUT2D eigenvalue weighted by atomic mass is 32.2. The number of ether oxygens (including phenoxy) is 3. The Morgan fingerprint density at radius 3 is 2.42 bits per heavy atom. The van der Waals surface area contributed by atoms with E-state index in [2.05, 4.69) is 6.07 Å². The smallest absolute Gasteiger partial charge is 0.304 e. The van der Waals surface area contributed by atoms with Gasteiger partial charge in [-0.3, -0.25) is 4.79 Å². The molecule has 3 aromatic carbocycles. The molecular formula is C34H35NO7S. The predicted molar refractivity (Wildman–Crippen MR) is 162 cm³/mol. The summed E-state index contributed by atoms with van der Waals surface area (Å²) in [5.74, 6) is 1.78. The van der Waals surface area contributed by atoms with Gasteiger partial charge in [0.15, 0.2) is 0 Å². The fourth-order valence-corrected chi connectivity index (χ4v) is 8.35. The number of rotatable bonds is 8. The first-order chi connectivity index (χ1) is 20.6. The number of carboxylic acid groups (broad SMARTS) is 1. The van der Waals surface area contributed by atoms with Crippen molar-refractivity contribution in [3.05, 3.63) is 75.8 Å². The molecular weight excluding hydrogens is 566 g/mol. The van der Waals surface area contributed by atoms with Gasteiger partial charge in [-0.1, -0.05) is 12.1 Å². The predicted octanol–water partition coefficient (Wildman–Crippen LogP) is 6.06. The van der Waals surface area contributed by atoms with Crippen LogP contribution in [-0.2, 0) is 21.1 Å². The number of fused-ring (bicyclic) bond motifs is 2. The van der Waals surface area contributed by atoms with E-state index in [0.717, 1.165) is 57.5 Å². The fraction of sp³-hybridized carbons (Fsp3) is 0.412. The maximum absolute atomic E-state index is 11.8. The first-order valence-electron chi connectivity index (χ1n) is 14.8. The zero-order chi connectivity index (χ0) is 30.3. The molecule has 0 aromatic heterocycles. The van der Waals surface area contributed by atoms with Crippen LogP contribution in [0.1, 0.15) is 71.1 Å². The van der Waals surface area contributed by atoms with E-state index in [1.54, 1.807) is 0 Å². The normalized spacial score (nSPS) is 20.5. The number of carbonyl (C=O) groups is 1. The molecule has 8 nitrogen and oxygen atoms in total. The third-order valence-corrected chi connectivity index (χ3v) is 10.7. The topological polar surface area (TPSA) is 123 Å². The van der Waals surface area contributed by atoms with E-state index in [9.17, 15) is 23.6 Å². The molecule has 0 saturated carbocycles. The largest absolute Gasteiger partial charge is 0.493 e. The summed E-state index contributed by atoms with van der Waals surface area (Å²) in [5, 5.41) is 19.3. The van der Waals surface area contributed by atoms with Gasteiger partial charge in [0.05, 0.1) is 42.8 Å². The molecule has 2 atom stereocenters. The standard InChI is InChI=1S/C34H35NO7S/c1-20-13-26(40-18-22-9-11-43(38,39)12-10-22)14-21(2)33(20)34-23(17-35)3-5-28-29(34)7-8-30(28)42-25-4-6-27-24(15-32(36)37)19-41-31(27)16-25/h3-6,13-14,16,22,24,30H,7-12,15,18-19H2,1-2H3,(H,36,37)/t24-,30-/m1/s1. The Balaban J connectivity index is 1.23. The summed E-state index contributed by atoms with van der Waals surface area (Å²) in [6.07, 6.45) is 2.66. The molecule has 0 spiro atoms. The molecule has 1 aliphatic carbocycles. The SMILES string of the molecule is Cc1cc(OCC2CCS(=O)(=O)CC2)cc(C)c1-c1c(C#N)ccc2c1CC[C@H]2Oc1ccc2c(c1)OC[C@H]2CC(=O)O. The third-order valence-electron chi connectivity index (χ3n) is 8.95. The molecule has 1 fully saturated rings. The van der Waals surface area contributed by atoms with E-state index in [4.69, 9.17) is 14.2 Å². The number of carboxylic acids is 1. The van der Waals surface area contributed by atoms with E-state index in [0.29, 0.717) is 43.1 Å². The van der Waals surface area contributed by atoms with E-state index in [-0.39, 0.29) is 35.9 Å². The minimum absolute atomic E-state index is 0.0338. The first kappa shape index (κ1) is 29.1. The van der Waals surface area contributed by atoms with Crippen LogP contribution in [0.2, 0.25) is 0 Å². The molecule has 0 amide bonds. The highest BCUT2D eigenvalue weighted by Gasteiger charge is 2.31. The number of benzene rings is 3. The maximum atomic E-state index is 11.8. The lowest BCUT2D eigenvalue weighted by molar-refractivity contribution is -0.137. The van der Waals surface area contributed by atoms with Gasteiger partial charge in [0.2, 0.25) is 0 Å². The second-order valence-electron chi connectivity index (χ2n) is 12.0. The third kappa shape index (κ3) is 5.94. The van der Waals surface area contributed by atoms with E-state index in [1.807, 2.05) is 56.3 Å². The van der Waals surface area contributed by atoms with Crippen LogP contribution in [0.3, 0.4) is 0 Å². The zero-order valence-electron chi connectivity index (χ0n) is 24.4. The van der Waals surface area contributed by atoms with Crippen LogP contribution in [0.15, 0.2) is 42.5 Å². The van der Waals surface area contributed by atoms with Crippen molar-refractivity contribution in [2.24, 2.45) is 5.92 Å². The van der Waals surface area contributed by atoms with Gasteiger partial charge >= 0.3 is 5.97 Å². The maximum Gasteiger partial charge on any atom is 0.304 e. The monoisotopic (exact) mass is 601 g/mol. The highest BCUT2D eigenvalue weighted by molar-refractivity contribution is 7.91. The number of sulfone groups is 1. The molecule has 6 rings (SSSR count).